The molecule has 1 heterocycles. The van der Waals surface area contributed by atoms with Gasteiger partial charge in [0.15, 0.2) is 0 Å². The Morgan fingerprint density at radius 1 is 1.16 bits per heavy atom. The van der Waals surface area contributed by atoms with Gasteiger partial charge < -0.3 is 5.11 Å². The zero-order valence-electron chi connectivity index (χ0n) is 12.3. The van der Waals surface area contributed by atoms with Crippen LogP contribution < -0.4 is 0 Å². The number of aliphatic hydroxyl groups excluding tert-OH is 1. The summed E-state index contributed by atoms with van der Waals surface area (Å²) in [5, 5.41) is 10.6. The monoisotopic (exact) mass is 261 g/mol. The van der Waals surface area contributed by atoms with Crippen molar-refractivity contribution in [2.45, 2.75) is 51.7 Å². The first-order valence-corrected chi connectivity index (χ1v) is 7.73. The van der Waals surface area contributed by atoms with Gasteiger partial charge >= 0.3 is 0 Å². The maximum atomic E-state index is 10.6. The first-order valence-electron chi connectivity index (χ1n) is 7.73. The molecule has 1 saturated heterocycles. The van der Waals surface area contributed by atoms with E-state index in [0.717, 1.165) is 31.0 Å². The van der Waals surface area contributed by atoms with Gasteiger partial charge in [0.2, 0.25) is 0 Å². The minimum absolute atomic E-state index is 0.264. The number of piperidine rings is 1. The quantitative estimate of drug-likeness (QED) is 0.875. The molecule has 0 amide bonds. The van der Waals surface area contributed by atoms with Crippen LogP contribution in [0.1, 0.15) is 51.2 Å². The molecule has 0 bridgehead atoms. The molecule has 0 spiro atoms. The van der Waals surface area contributed by atoms with E-state index >= 15 is 0 Å². The molecule has 2 rings (SSSR count). The second kappa shape index (κ2) is 7.06. The van der Waals surface area contributed by atoms with Crippen LogP contribution in [-0.2, 0) is 0 Å². The van der Waals surface area contributed by atoms with Crippen LogP contribution in [0.5, 0.6) is 0 Å². The highest BCUT2D eigenvalue weighted by molar-refractivity contribution is 5.19. The normalized spacial score (nSPS) is 21.2. The lowest BCUT2D eigenvalue weighted by molar-refractivity contribution is 0.0256. The third kappa shape index (κ3) is 3.58. The lowest BCUT2D eigenvalue weighted by Crippen LogP contribution is -2.44. The fraction of sp³-hybridized carbons (Fsp3) is 0.647. The molecule has 1 N–H and O–H groups in total. The molecule has 0 aromatic heterocycles. The van der Waals surface area contributed by atoms with Crippen LogP contribution in [0.15, 0.2) is 30.3 Å². The lowest BCUT2D eigenvalue weighted by atomic mass is 9.91. The van der Waals surface area contributed by atoms with Crippen LogP contribution in [0.2, 0.25) is 0 Å². The Kier molecular flexibility index (Phi) is 5.41. The van der Waals surface area contributed by atoms with Gasteiger partial charge in [-0.3, -0.25) is 4.90 Å². The number of rotatable bonds is 5. The van der Waals surface area contributed by atoms with Gasteiger partial charge in [0.25, 0.3) is 0 Å². The maximum absolute atomic E-state index is 10.6. The molecule has 106 valence electrons. The number of benzene rings is 1. The summed E-state index contributed by atoms with van der Waals surface area (Å²) in [6.45, 7) is 6.75. The van der Waals surface area contributed by atoms with Crippen LogP contribution >= 0.6 is 0 Å². The van der Waals surface area contributed by atoms with Crippen LogP contribution in [0.3, 0.4) is 0 Å². The first kappa shape index (κ1) is 14.5. The average molecular weight is 261 g/mol. The fourth-order valence-electron chi connectivity index (χ4n) is 3.25. The maximum Gasteiger partial charge on any atom is 0.0945 e. The molecule has 1 aromatic rings. The smallest absolute Gasteiger partial charge is 0.0945 e. The number of nitrogens with zero attached hydrogens (tertiary/aromatic N) is 1. The number of likely N-dealkylation sites (tertiary alicyclic amines) is 1. The molecule has 2 unspecified atom stereocenters. The molecule has 0 radical (unpaired) electrons. The van der Waals surface area contributed by atoms with E-state index in [0.29, 0.717) is 0 Å². The molecule has 2 atom stereocenters. The summed E-state index contributed by atoms with van der Waals surface area (Å²) in [6.07, 6.45) is 4.52. The standard InChI is InChI=1S/C17H27NO/c1-3-14-10-12-18(13-11-14)16(4-2)17(19)15-8-6-5-7-9-15/h5-9,14,16-17,19H,3-4,10-13H2,1-2H3. The lowest BCUT2D eigenvalue weighted by Gasteiger charge is -2.39. The predicted molar refractivity (Wildman–Crippen MR) is 80.1 cm³/mol. The van der Waals surface area contributed by atoms with Crippen molar-refractivity contribution in [3.05, 3.63) is 35.9 Å². The van der Waals surface area contributed by atoms with Crippen molar-refractivity contribution < 1.29 is 5.11 Å². The molecule has 1 aliphatic rings. The molecule has 0 aliphatic carbocycles. The number of hydrogen-bond acceptors (Lipinski definition) is 2. The Morgan fingerprint density at radius 3 is 2.32 bits per heavy atom. The van der Waals surface area contributed by atoms with E-state index < -0.39 is 0 Å². The zero-order chi connectivity index (χ0) is 13.7. The highest BCUT2D eigenvalue weighted by Crippen LogP contribution is 2.28. The van der Waals surface area contributed by atoms with E-state index in [-0.39, 0.29) is 12.1 Å². The topological polar surface area (TPSA) is 23.5 Å². The van der Waals surface area contributed by atoms with Gasteiger partial charge in [0.1, 0.15) is 0 Å². The molecule has 1 aromatic carbocycles. The second-order valence-corrected chi connectivity index (χ2v) is 5.72. The van der Waals surface area contributed by atoms with Gasteiger partial charge in [0, 0.05) is 6.04 Å². The third-order valence-electron chi connectivity index (χ3n) is 4.62. The summed E-state index contributed by atoms with van der Waals surface area (Å²) in [7, 11) is 0. The van der Waals surface area contributed by atoms with Crippen molar-refractivity contribution in [1.82, 2.24) is 4.90 Å². The van der Waals surface area contributed by atoms with Crippen molar-refractivity contribution in [2.24, 2.45) is 5.92 Å². The molecule has 19 heavy (non-hydrogen) atoms. The van der Waals surface area contributed by atoms with Gasteiger partial charge in [-0.2, -0.15) is 0 Å². The predicted octanol–water partition coefficient (Wildman–Crippen LogP) is 3.62. The number of aliphatic hydroxyl groups is 1. The molecule has 2 nitrogen and oxygen atoms in total. The Hall–Kier alpha value is -0.860. The van der Waals surface area contributed by atoms with Crippen molar-refractivity contribution in [3.63, 3.8) is 0 Å². The molecule has 1 fully saturated rings. The molecular weight excluding hydrogens is 234 g/mol. The first-order chi connectivity index (χ1) is 9.26. The van der Waals surface area contributed by atoms with Gasteiger partial charge in [0.05, 0.1) is 6.10 Å². The molecule has 0 saturated carbocycles. The van der Waals surface area contributed by atoms with Crippen molar-refractivity contribution in [2.75, 3.05) is 13.1 Å². The fourth-order valence-corrected chi connectivity index (χ4v) is 3.25. The third-order valence-corrected chi connectivity index (χ3v) is 4.62. The van der Waals surface area contributed by atoms with Crippen molar-refractivity contribution in [3.8, 4) is 0 Å². The SMILES string of the molecule is CCC1CCN(C(CC)C(O)c2ccccc2)CC1. The summed E-state index contributed by atoms with van der Waals surface area (Å²) in [5.41, 5.74) is 1.05. The summed E-state index contributed by atoms with van der Waals surface area (Å²) in [6, 6.07) is 10.4. The van der Waals surface area contributed by atoms with E-state index in [2.05, 4.69) is 18.7 Å². The van der Waals surface area contributed by atoms with E-state index in [1.807, 2.05) is 30.3 Å². The highest BCUT2D eigenvalue weighted by Gasteiger charge is 2.28. The van der Waals surface area contributed by atoms with Crippen molar-refractivity contribution in [1.29, 1.82) is 0 Å². The van der Waals surface area contributed by atoms with Crippen LogP contribution in [-0.4, -0.2) is 29.1 Å². The summed E-state index contributed by atoms with van der Waals surface area (Å²) >= 11 is 0. The Labute approximate surface area is 117 Å². The molecule has 1 aliphatic heterocycles. The van der Waals surface area contributed by atoms with Crippen LogP contribution in [0, 0.1) is 5.92 Å². The minimum atomic E-state index is -0.357. The van der Waals surface area contributed by atoms with Gasteiger partial charge in [-0.25, -0.2) is 0 Å². The van der Waals surface area contributed by atoms with E-state index in [1.54, 1.807) is 0 Å². The van der Waals surface area contributed by atoms with Crippen LogP contribution in [0.4, 0.5) is 0 Å². The van der Waals surface area contributed by atoms with Gasteiger partial charge in [-0.05, 0) is 43.8 Å². The largest absolute Gasteiger partial charge is 0.387 e. The summed E-state index contributed by atoms with van der Waals surface area (Å²) in [4.78, 5) is 2.49. The highest BCUT2D eigenvalue weighted by atomic mass is 16.3. The van der Waals surface area contributed by atoms with E-state index in [1.165, 1.54) is 19.3 Å². The second-order valence-electron chi connectivity index (χ2n) is 5.72. The summed E-state index contributed by atoms with van der Waals surface area (Å²) < 4.78 is 0. The van der Waals surface area contributed by atoms with E-state index in [4.69, 9.17) is 0 Å². The van der Waals surface area contributed by atoms with Crippen molar-refractivity contribution >= 4 is 0 Å². The zero-order valence-corrected chi connectivity index (χ0v) is 12.3. The Bertz CT molecular complexity index is 357. The molecular formula is C17H27NO. The van der Waals surface area contributed by atoms with Crippen LogP contribution in [0.25, 0.3) is 0 Å². The Morgan fingerprint density at radius 2 is 1.79 bits per heavy atom. The summed E-state index contributed by atoms with van der Waals surface area (Å²) in [5.74, 6) is 0.891. The van der Waals surface area contributed by atoms with Gasteiger partial charge in [-0.15, -0.1) is 0 Å². The molecule has 2 heteroatoms. The average Bonchev–Trinajstić information content (AvgIpc) is 2.49. The van der Waals surface area contributed by atoms with Gasteiger partial charge in [-0.1, -0.05) is 50.6 Å². The minimum Gasteiger partial charge on any atom is -0.387 e. The Balaban J connectivity index is 2.00. The number of hydrogen-bond donors (Lipinski definition) is 1. The van der Waals surface area contributed by atoms with E-state index in [9.17, 15) is 5.11 Å².